The first kappa shape index (κ1) is 11.6. The number of hydrogen-bond donors (Lipinski definition) is 2. The number of hydrogen-bond acceptors (Lipinski definition) is 8. The number of fused-ring (bicyclic) bond motifs is 1. The highest BCUT2D eigenvalue weighted by atomic mass is 32.2. The van der Waals surface area contributed by atoms with Gasteiger partial charge in [-0.2, -0.15) is 0 Å². The molecule has 102 valence electrons. The van der Waals surface area contributed by atoms with Gasteiger partial charge in [0, 0.05) is 12.4 Å². The molecule has 3 heterocycles. The quantitative estimate of drug-likeness (QED) is 0.527. The summed E-state index contributed by atoms with van der Waals surface area (Å²) in [5, 5.41) is 13.2. The van der Waals surface area contributed by atoms with Gasteiger partial charge in [-0.3, -0.25) is 0 Å². The Kier molecular flexibility index (Phi) is 2.57. The molecule has 1 saturated carbocycles. The molecular weight excluding hydrogens is 278 g/mol. The average Bonchev–Trinajstić information content (AvgIpc) is 3.01. The number of rotatable bonds is 4. The maximum absolute atomic E-state index is 5.44. The minimum absolute atomic E-state index is 0.416. The maximum Gasteiger partial charge on any atom is 0.216 e. The van der Waals surface area contributed by atoms with Crippen molar-refractivity contribution >= 4 is 23.2 Å². The van der Waals surface area contributed by atoms with Crippen LogP contribution in [0.2, 0.25) is 0 Å². The fraction of sp³-hybridized carbons (Fsp3) is 0.300. The normalized spacial score (nSPS) is 14.8. The van der Waals surface area contributed by atoms with Gasteiger partial charge in [0.2, 0.25) is 5.16 Å². The largest absolute Gasteiger partial charge is 0.307 e. The van der Waals surface area contributed by atoms with Crippen molar-refractivity contribution < 1.29 is 0 Å². The molecule has 0 bridgehead atoms. The third kappa shape index (κ3) is 1.89. The Morgan fingerprint density at radius 3 is 3.10 bits per heavy atom. The van der Waals surface area contributed by atoms with Crippen LogP contribution in [0.15, 0.2) is 28.8 Å². The van der Waals surface area contributed by atoms with Crippen molar-refractivity contribution in [2.45, 2.75) is 29.1 Å². The number of nitrogens with two attached hydrogens (primary N) is 1. The Bertz CT molecular complexity index is 759. The molecule has 1 fully saturated rings. The van der Waals surface area contributed by atoms with E-state index >= 15 is 0 Å². The molecule has 0 aliphatic heterocycles. The van der Waals surface area contributed by atoms with E-state index in [-0.39, 0.29) is 0 Å². The van der Waals surface area contributed by atoms with Crippen molar-refractivity contribution in [1.82, 2.24) is 34.6 Å². The molecule has 3 aromatic heterocycles. The highest BCUT2D eigenvalue weighted by Gasteiger charge is 2.28. The van der Waals surface area contributed by atoms with Crippen LogP contribution < -0.4 is 11.3 Å². The van der Waals surface area contributed by atoms with Gasteiger partial charge in [-0.05, 0) is 35.0 Å². The first-order valence-electron chi connectivity index (χ1n) is 6.11. The van der Waals surface area contributed by atoms with Gasteiger partial charge in [0.05, 0.1) is 12.2 Å². The molecule has 0 atom stereocenters. The molecule has 1 aliphatic rings. The van der Waals surface area contributed by atoms with Crippen molar-refractivity contribution in [3.8, 4) is 0 Å². The summed E-state index contributed by atoms with van der Waals surface area (Å²) in [6.07, 6.45) is 7.57. The van der Waals surface area contributed by atoms with Crippen LogP contribution >= 0.6 is 11.8 Å². The van der Waals surface area contributed by atoms with Gasteiger partial charge in [0.25, 0.3) is 0 Å². The van der Waals surface area contributed by atoms with Crippen molar-refractivity contribution in [3.63, 3.8) is 0 Å². The van der Waals surface area contributed by atoms with Crippen molar-refractivity contribution in [2.24, 2.45) is 5.84 Å². The summed E-state index contributed by atoms with van der Waals surface area (Å²) in [5.74, 6) is 6.00. The number of nitrogen functional groups attached to an aromatic ring is 1. The molecule has 20 heavy (non-hydrogen) atoms. The molecule has 9 nitrogen and oxygen atoms in total. The second kappa shape index (κ2) is 4.42. The lowest BCUT2D eigenvalue weighted by Crippen LogP contribution is -2.10. The van der Waals surface area contributed by atoms with E-state index in [4.69, 9.17) is 5.84 Å². The summed E-state index contributed by atoms with van der Waals surface area (Å²) >= 11 is 1.39. The van der Waals surface area contributed by atoms with Gasteiger partial charge in [-0.25, -0.2) is 20.5 Å². The molecule has 0 amide bonds. The van der Waals surface area contributed by atoms with Crippen LogP contribution in [0, 0.1) is 0 Å². The summed E-state index contributed by atoms with van der Waals surface area (Å²) in [7, 11) is 0. The lowest BCUT2D eigenvalue weighted by molar-refractivity contribution is 0.565. The predicted molar refractivity (Wildman–Crippen MR) is 71.0 cm³/mol. The number of anilines is 1. The second-order valence-electron chi connectivity index (χ2n) is 4.47. The lowest BCUT2D eigenvalue weighted by atomic mass is 10.6. The third-order valence-corrected chi connectivity index (χ3v) is 3.95. The molecule has 1 aliphatic carbocycles. The Morgan fingerprint density at radius 1 is 1.40 bits per heavy atom. The van der Waals surface area contributed by atoms with Crippen LogP contribution in [0.5, 0.6) is 0 Å². The molecule has 0 saturated heterocycles. The molecule has 3 aromatic rings. The number of aromatic nitrogens is 7. The van der Waals surface area contributed by atoms with Crippen LogP contribution in [0.25, 0.3) is 5.65 Å². The molecule has 0 aromatic carbocycles. The zero-order valence-corrected chi connectivity index (χ0v) is 11.2. The van der Waals surface area contributed by atoms with Crippen molar-refractivity contribution in [2.75, 3.05) is 5.43 Å². The molecule has 0 unspecified atom stereocenters. The van der Waals surface area contributed by atoms with Gasteiger partial charge in [0.1, 0.15) is 5.03 Å². The monoisotopic (exact) mass is 289 g/mol. The van der Waals surface area contributed by atoms with E-state index in [1.54, 1.807) is 12.4 Å². The summed E-state index contributed by atoms with van der Waals surface area (Å²) < 4.78 is 3.70. The summed E-state index contributed by atoms with van der Waals surface area (Å²) in [5.41, 5.74) is 3.30. The van der Waals surface area contributed by atoms with E-state index in [2.05, 4.69) is 30.9 Å². The third-order valence-electron chi connectivity index (χ3n) is 3.03. The van der Waals surface area contributed by atoms with Gasteiger partial charge < -0.3 is 9.83 Å². The second-order valence-corrected chi connectivity index (χ2v) is 5.43. The highest BCUT2D eigenvalue weighted by Crippen LogP contribution is 2.38. The van der Waals surface area contributed by atoms with E-state index in [1.807, 2.05) is 15.3 Å². The van der Waals surface area contributed by atoms with Crippen LogP contribution in [0.1, 0.15) is 18.9 Å². The van der Waals surface area contributed by atoms with E-state index < -0.39 is 0 Å². The van der Waals surface area contributed by atoms with Crippen LogP contribution in [0.3, 0.4) is 0 Å². The van der Waals surface area contributed by atoms with Crippen LogP contribution in [-0.4, -0.2) is 34.6 Å². The van der Waals surface area contributed by atoms with E-state index in [0.29, 0.717) is 16.9 Å². The Balaban J connectivity index is 1.77. The summed E-state index contributed by atoms with van der Waals surface area (Å²) in [6.45, 7) is 0. The number of nitrogens with one attached hydrogen (secondary N) is 1. The summed E-state index contributed by atoms with van der Waals surface area (Å²) in [6, 6.07) is 0.416. The molecule has 0 radical (unpaired) electrons. The van der Waals surface area contributed by atoms with E-state index in [9.17, 15) is 0 Å². The molecule has 10 heteroatoms. The topological polar surface area (TPSA) is 112 Å². The SMILES string of the molecule is NNc1cn2ccnc2c(Sc2nnnn2C2CC2)n1. The molecular formula is C10H11N9S. The number of tetrazole rings is 1. The fourth-order valence-electron chi connectivity index (χ4n) is 1.93. The first-order chi connectivity index (χ1) is 9.85. The zero-order chi connectivity index (χ0) is 13.5. The maximum atomic E-state index is 5.44. The average molecular weight is 289 g/mol. The Hall–Kier alpha value is -2.20. The minimum atomic E-state index is 0.416. The van der Waals surface area contributed by atoms with Crippen LogP contribution in [-0.2, 0) is 0 Å². The Labute approximate surface area is 117 Å². The molecule has 0 spiro atoms. The first-order valence-corrected chi connectivity index (χ1v) is 6.93. The summed E-state index contributed by atoms with van der Waals surface area (Å²) in [4.78, 5) is 8.72. The van der Waals surface area contributed by atoms with Gasteiger partial charge in [0.15, 0.2) is 11.5 Å². The van der Waals surface area contributed by atoms with E-state index in [1.165, 1.54) is 11.8 Å². The minimum Gasteiger partial charge on any atom is -0.307 e. The lowest BCUT2D eigenvalue weighted by Gasteiger charge is -2.06. The standard InChI is InChI=1S/C10H11N9S/c11-14-7-5-18-4-3-12-8(18)9(13-7)20-10-15-16-17-19(10)6-1-2-6/h3-6,14H,1-2,11H2. The van der Waals surface area contributed by atoms with Gasteiger partial charge in [-0.15, -0.1) is 5.10 Å². The van der Waals surface area contributed by atoms with Gasteiger partial charge >= 0.3 is 0 Å². The van der Waals surface area contributed by atoms with Crippen molar-refractivity contribution in [3.05, 3.63) is 18.6 Å². The van der Waals surface area contributed by atoms with Crippen molar-refractivity contribution in [1.29, 1.82) is 0 Å². The Morgan fingerprint density at radius 2 is 2.30 bits per heavy atom. The fourth-order valence-corrected chi connectivity index (χ4v) is 2.85. The smallest absolute Gasteiger partial charge is 0.216 e. The zero-order valence-electron chi connectivity index (χ0n) is 10.3. The molecule has 4 rings (SSSR count). The highest BCUT2D eigenvalue weighted by molar-refractivity contribution is 7.99. The molecule has 3 N–H and O–H groups in total. The number of imidazole rings is 1. The van der Waals surface area contributed by atoms with E-state index in [0.717, 1.165) is 23.6 Å². The number of nitrogens with zero attached hydrogens (tertiary/aromatic N) is 7. The van der Waals surface area contributed by atoms with Crippen LogP contribution in [0.4, 0.5) is 5.82 Å². The number of hydrazine groups is 1. The predicted octanol–water partition coefficient (Wildman–Crippen LogP) is 0.487. The van der Waals surface area contributed by atoms with Gasteiger partial charge in [-0.1, -0.05) is 0 Å².